The number of ether oxygens (including phenoxy) is 1. The number of anilines is 1. The van der Waals surface area contributed by atoms with Gasteiger partial charge in [-0.3, -0.25) is 9.88 Å². The number of hydrogen-bond acceptors (Lipinski definition) is 6. The van der Waals surface area contributed by atoms with Gasteiger partial charge in [-0.1, -0.05) is 24.3 Å². The molecule has 0 amide bonds. The third-order valence-electron chi connectivity index (χ3n) is 3.16. The van der Waals surface area contributed by atoms with Crippen molar-refractivity contribution in [1.29, 1.82) is 0 Å². The van der Waals surface area contributed by atoms with Gasteiger partial charge < -0.3 is 5.32 Å². The lowest BCUT2D eigenvalue weighted by atomic mass is 10.1. The summed E-state index contributed by atoms with van der Waals surface area (Å²) in [6, 6.07) is 9.31. The van der Waals surface area contributed by atoms with Gasteiger partial charge in [0.2, 0.25) is 0 Å². The SMILES string of the molecule is C#CC.C/C=C(\C=C/COC(F)(F)F)Nc1cc(-c2cccc(SN)c2)ncn1. The first-order chi connectivity index (χ1) is 13.8. The number of halogens is 3. The second kappa shape index (κ2) is 12.6. The van der Waals surface area contributed by atoms with E-state index in [4.69, 9.17) is 5.14 Å². The highest BCUT2D eigenvalue weighted by molar-refractivity contribution is 7.97. The van der Waals surface area contributed by atoms with Crippen LogP contribution in [0.25, 0.3) is 11.3 Å². The van der Waals surface area contributed by atoms with Crippen LogP contribution < -0.4 is 10.5 Å². The third kappa shape index (κ3) is 9.80. The monoisotopic (exact) mass is 422 g/mol. The molecule has 29 heavy (non-hydrogen) atoms. The summed E-state index contributed by atoms with van der Waals surface area (Å²) in [6.45, 7) is 2.84. The zero-order chi connectivity index (χ0) is 21.7. The largest absolute Gasteiger partial charge is 0.522 e. The van der Waals surface area contributed by atoms with Crippen molar-refractivity contribution in [2.24, 2.45) is 5.14 Å². The number of aromatic nitrogens is 2. The van der Waals surface area contributed by atoms with Crippen LogP contribution in [0.5, 0.6) is 0 Å². The van der Waals surface area contributed by atoms with Gasteiger partial charge in [0.25, 0.3) is 0 Å². The molecule has 3 N–H and O–H groups in total. The number of nitrogens with one attached hydrogen (secondary N) is 1. The zero-order valence-corrected chi connectivity index (χ0v) is 16.7. The minimum atomic E-state index is -4.65. The summed E-state index contributed by atoms with van der Waals surface area (Å²) in [7, 11) is 0. The average molecular weight is 422 g/mol. The smallest absolute Gasteiger partial charge is 0.340 e. The Morgan fingerprint density at radius 3 is 2.69 bits per heavy atom. The summed E-state index contributed by atoms with van der Waals surface area (Å²) in [5, 5.41) is 8.59. The molecule has 0 atom stereocenters. The molecule has 0 saturated carbocycles. The van der Waals surface area contributed by atoms with E-state index in [1.54, 1.807) is 26.0 Å². The van der Waals surface area contributed by atoms with Crippen LogP contribution in [0, 0.1) is 12.3 Å². The molecule has 1 heterocycles. The van der Waals surface area contributed by atoms with E-state index in [0.717, 1.165) is 22.4 Å². The highest BCUT2D eigenvalue weighted by Gasteiger charge is 2.28. The Labute approximate surface area is 172 Å². The predicted molar refractivity (Wildman–Crippen MR) is 111 cm³/mol. The fraction of sp³-hybridized carbons (Fsp3) is 0.200. The molecular weight excluding hydrogens is 401 g/mol. The first-order valence-corrected chi connectivity index (χ1v) is 9.18. The molecular formula is C20H21F3N4OS. The number of rotatable bonds is 7. The molecule has 0 spiro atoms. The van der Waals surface area contributed by atoms with Crippen molar-refractivity contribution in [3.63, 3.8) is 0 Å². The molecule has 0 saturated heterocycles. The quantitative estimate of drug-likeness (QED) is 0.365. The highest BCUT2D eigenvalue weighted by atomic mass is 32.2. The Kier molecular flexibility index (Phi) is 10.5. The van der Waals surface area contributed by atoms with E-state index >= 15 is 0 Å². The van der Waals surface area contributed by atoms with E-state index in [-0.39, 0.29) is 0 Å². The summed E-state index contributed by atoms with van der Waals surface area (Å²) < 4.78 is 39.6. The fourth-order valence-corrected chi connectivity index (χ4v) is 2.34. The highest BCUT2D eigenvalue weighted by Crippen LogP contribution is 2.23. The summed E-state index contributed by atoms with van der Waals surface area (Å²) in [5.74, 6) is 2.76. The van der Waals surface area contributed by atoms with Crippen LogP contribution in [0.1, 0.15) is 13.8 Å². The van der Waals surface area contributed by atoms with E-state index in [1.165, 1.54) is 18.5 Å². The summed E-state index contributed by atoms with van der Waals surface area (Å²) in [4.78, 5) is 9.26. The Morgan fingerprint density at radius 2 is 2.07 bits per heavy atom. The molecule has 154 valence electrons. The van der Waals surface area contributed by atoms with Crippen LogP contribution in [0.4, 0.5) is 19.0 Å². The molecule has 0 aliphatic carbocycles. The number of nitrogens with zero attached hydrogens (tertiary/aromatic N) is 2. The van der Waals surface area contributed by atoms with Gasteiger partial charge in [0.1, 0.15) is 12.1 Å². The maximum Gasteiger partial charge on any atom is 0.522 e. The Hall–Kier alpha value is -2.80. The predicted octanol–water partition coefficient (Wildman–Crippen LogP) is 5.16. The molecule has 2 rings (SSSR count). The summed E-state index contributed by atoms with van der Waals surface area (Å²) in [5.41, 5.74) is 2.15. The fourth-order valence-electron chi connectivity index (χ4n) is 1.99. The number of terminal acetylenes is 1. The molecule has 9 heteroatoms. The maximum absolute atomic E-state index is 12.0. The number of alkyl halides is 3. The Bertz CT molecular complexity index is 877. The van der Waals surface area contributed by atoms with E-state index in [9.17, 15) is 13.2 Å². The molecule has 1 aromatic carbocycles. The molecule has 0 fully saturated rings. The van der Waals surface area contributed by atoms with Crippen molar-refractivity contribution in [3.05, 3.63) is 60.6 Å². The van der Waals surface area contributed by atoms with Crippen LogP contribution >= 0.6 is 11.9 Å². The van der Waals surface area contributed by atoms with E-state index in [1.807, 2.05) is 24.3 Å². The molecule has 0 aliphatic rings. The second-order valence-corrected chi connectivity index (χ2v) is 5.96. The normalized spacial score (nSPS) is 11.6. The molecule has 0 unspecified atom stereocenters. The Balaban J connectivity index is 0.00000132. The topological polar surface area (TPSA) is 73.1 Å². The molecule has 2 aromatic rings. The van der Waals surface area contributed by atoms with Crippen LogP contribution in [0.2, 0.25) is 0 Å². The minimum absolute atomic E-state index is 0.510. The van der Waals surface area contributed by atoms with Gasteiger partial charge in [-0.2, -0.15) is 0 Å². The molecule has 0 aliphatic heterocycles. The first-order valence-electron chi connectivity index (χ1n) is 8.30. The second-order valence-electron chi connectivity index (χ2n) is 5.25. The molecule has 0 bridgehead atoms. The Morgan fingerprint density at radius 1 is 1.34 bits per heavy atom. The average Bonchev–Trinajstić information content (AvgIpc) is 2.70. The van der Waals surface area contributed by atoms with Gasteiger partial charge in [-0.15, -0.1) is 25.5 Å². The molecule has 0 radical (unpaired) electrons. The van der Waals surface area contributed by atoms with Gasteiger partial charge in [0.15, 0.2) is 0 Å². The minimum Gasteiger partial charge on any atom is -0.340 e. The number of allylic oxidation sites excluding steroid dienone is 2. The standard InChI is InChI=1S/C17H17F3N4OS.C3H4/c1-2-13(6-4-8-25-17(18,19)20)24-16-10-15(22-11-23-16)12-5-3-7-14(9-12)26-21;1-3-2/h2-7,9-11H,8,21H2,1H3,(H,22,23,24);1H,2H3/b6-4-,13-2+;. The lowest BCUT2D eigenvalue weighted by Gasteiger charge is -2.09. The van der Waals surface area contributed by atoms with Gasteiger partial charge in [0, 0.05) is 22.2 Å². The summed E-state index contributed by atoms with van der Waals surface area (Å²) in [6.07, 6.45) is 5.81. The van der Waals surface area contributed by atoms with Gasteiger partial charge in [0.05, 0.1) is 12.3 Å². The van der Waals surface area contributed by atoms with Crippen molar-refractivity contribution in [2.45, 2.75) is 25.1 Å². The maximum atomic E-state index is 12.0. The van der Waals surface area contributed by atoms with E-state index in [0.29, 0.717) is 17.2 Å². The van der Waals surface area contributed by atoms with Crippen molar-refractivity contribution >= 4 is 17.8 Å². The third-order valence-corrected chi connectivity index (χ3v) is 3.68. The lowest BCUT2D eigenvalue weighted by Crippen LogP contribution is -2.13. The van der Waals surface area contributed by atoms with Crippen LogP contribution in [-0.4, -0.2) is 22.9 Å². The van der Waals surface area contributed by atoms with E-state index < -0.39 is 13.0 Å². The van der Waals surface area contributed by atoms with Crippen LogP contribution in [0.15, 0.2) is 65.5 Å². The number of benzene rings is 1. The van der Waals surface area contributed by atoms with Gasteiger partial charge >= 0.3 is 6.36 Å². The lowest BCUT2D eigenvalue weighted by molar-refractivity contribution is -0.319. The zero-order valence-electron chi connectivity index (χ0n) is 15.9. The van der Waals surface area contributed by atoms with Crippen molar-refractivity contribution < 1.29 is 17.9 Å². The molecule has 1 aromatic heterocycles. The molecule has 5 nitrogen and oxygen atoms in total. The summed E-state index contributed by atoms with van der Waals surface area (Å²) >= 11 is 1.14. The van der Waals surface area contributed by atoms with Crippen LogP contribution in [0.3, 0.4) is 0 Å². The first kappa shape index (κ1) is 24.2. The van der Waals surface area contributed by atoms with Crippen LogP contribution in [-0.2, 0) is 4.74 Å². The van der Waals surface area contributed by atoms with E-state index in [2.05, 4.69) is 32.4 Å². The van der Waals surface area contributed by atoms with Crippen molar-refractivity contribution in [3.8, 4) is 23.6 Å². The van der Waals surface area contributed by atoms with Crippen molar-refractivity contribution in [2.75, 3.05) is 11.9 Å². The number of nitrogens with two attached hydrogens (primary N) is 1. The number of hydrogen-bond donors (Lipinski definition) is 2. The van der Waals surface area contributed by atoms with Gasteiger partial charge in [-0.25, -0.2) is 9.97 Å². The van der Waals surface area contributed by atoms with Crippen molar-refractivity contribution in [1.82, 2.24) is 9.97 Å². The van der Waals surface area contributed by atoms with Gasteiger partial charge in [-0.05, 0) is 44.0 Å².